The summed E-state index contributed by atoms with van der Waals surface area (Å²) in [6, 6.07) is 7.65. The highest BCUT2D eigenvalue weighted by Crippen LogP contribution is 2.16. The molecule has 1 N–H and O–H groups in total. The molecule has 1 saturated heterocycles. The molecule has 1 aliphatic heterocycles. The van der Waals surface area contributed by atoms with Crippen molar-refractivity contribution >= 4 is 11.7 Å². The van der Waals surface area contributed by atoms with Crippen LogP contribution in [0, 0.1) is 0 Å². The van der Waals surface area contributed by atoms with Gasteiger partial charge in [-0.15, -0.1) is 0 Å². The summed E-state index contributed by atoms with van der Waals surface area (Å²) < 4.78 is 7.63. The SMILES string of the molecule is CN(C)CCN(C[C@H]1CCCO1)C(=O)Nc1ccc(-n2ccnc2)cc1. The predicted molar refractivity (Wildman–Crippen MR) is 102 cm³/mol. The van der Waals surface area contributed by atoms with Gasteiger partial charge in [0.05, 0.1) is 12.4 Å². The fourth-order valence-corrected chi connectivity index (χ4v) is 2.96. The van der Waals surface area contributed by atoms with Crippen LogP contribution in [0.1, 0.15) is 12.8 Å². The van der Waals surface area contributed by atoms with Crippen molar-refractivity contribution < 1.29 is 9.53 Å². The normalized spacial score (nSPS) is 16.8. The molecule has 2 aromatic rings. The van der Waals surface area contributed by atoms with Gasteiger partial charge in [-0.25, -0.2) is 9.78 Å². The second-order valence-corrected chi connectivity index (χ2v) is 6.83. The zero-order valence-corrected chi connectivity index (χ0v) is 15.5. The minimum Gasteiger partial charge on any atom is -0.376 e. The molecule has 1 fully saturated rings. The molecule has 7 nitrogen and oxygen atoms in total. The molecule has 2 amide bonds. The third-order valence-electron chi connectivity index (χ3n) is 4.47. The first-order chi connectivity index (χ1) is 12.6. The minimum atomic E-state index is -0.0854. The Hall–Kier alpha value is -2.38. The van der Waals surface area contributed by atoms with Crippen LogP contribution in [0.2, 0.25) is 0 Å². The van der Waals surface area contributed by atoms with E-state index < -0.39 is 0 Å². The maximum absolute atomic E-state index is 12.8. The average molecular weight is 357 g/mol. The van der Waals surface area contributed by atoms with Gasteiger partial charge in [0, 0.05) is 50.0 Å². The van der Waals surface area contributed by atoms with Crippen molar-refractivity contribution in [2.45, 2.75) is 18.9 Å². The van der Waals surface area contributed by atoms with Crippen molar-refractivity contribution in [1.82, 2.24) is 19.4 Å². The second-order valence-electron chi connectivity index (χ2n) is 6.83. The summed E-state index contributed by atoms with van der Waals surface area (Å²) in [6.45, 7) is 2.92. The molecular weight excluding hydrogens is 330 g/mol. The summed E-state index contributed by atoms with van der Waals surface area (Å²) in [5.41, 5.74) is 1.78. The quantitative estimate of drug-likeness (QED) is 0.827. The lowest BCUT2D eigenvalue weighted by molar-refractivity contribution is 0.0820. The van der Waals surface area contributed by atoms with E-state index in [9.17, 15) is 4.79 Å². The summed E-state index contributed by atoms with van der Waals surface area (Å²) in [7, 11) is 4.02. The van der Waals surface area contributed by atoms with E-state index in [1.807, 2.05) is 54.0 Å². The molecule has 3 rings (SSSR count). The Bertz CT molecular complexity index is 678. The lowest BCUT2D eigenvalue weighted by Gasteiger charge is -2.27. The number of rotatable bonds is 7. The van der Waals surface area contributed by atoms with Crippen LogP contribution in [0.5, 0.6) is 0 Å². The topological polar surface area (TPSA) is 62.6 Å². The first-order valence-corrected chi connectivity index (χ1v) is 9.02. The van der Waals surface area contributed by atoms with Crippen LogP contribution >= 0.6 is 0 Å². The van der Waals surface area contributed by atoms with E-state index >= 15 is 0 Å². The van der Waals surface area contributed by atoms with Crippen LogP contribution in [0.3, 0.4) is 0 Å². The molecule has 26 heavy (non-hydrogen) atoms. The number of carbonyl (C=O) groups is 1. The average Bonchev–Trinajstić information content (AvgIpc) is 3.33. The first kappa shape index (κ1) is 18.4. The molecule has 7 heteroatoms. The van der Waals surface area contributed by atoms with Crippen molar-refractivity contribution in [2.24, 2.45) is 0 Å². The number of amides is 2. The highest BCUT2D eigenvalue weighted by atomic mass is 16.5. The number of anilines is 1. The highest BCUT2D eigenvalue weighted by Gasteiger charge is 2.22. The van der Waals surface area contributed by atoms with Crippen molar-refractivity contribution in [1.29, 1.82) is 0 Å². The van der Waals surface area contributed by atoms with Gasteiger partial charge in [0.15, 0.2) is 0 Å². The van der Waals surface area contributed by atoms with E-state index in [0.717, 1.165) is 37.4 Å². The number of ether oxygens (including phenoxy) is 1. The smallest absolute Gasteiger partial charge is 0.321 e. The number of likely N-dealkylation sites (N-methyl/N-ethyl adjacent to an activating group) is 1. The van der Waals surface area contributed by atoms with E-state index in [0.29, 0.717) is 13.1 Å². The van der Waals surface area contributed by atoms with Gasteiger partial charge in [-0.2, -0.15) is 0 Å². The highest BCUT2D eigenvalue weighted by molar-refractivity contribution is 5.89. The standard InChI is InChI=1S/C19H27N5O2/c1-22(2)11-12-23(14-18-4-3-13-26-18)19(25)21-16-5-7-17(8-6-16)24-10-9-20-15-24/h5-10,15,18H,3-4,11-14H2,1-2H3,(H,21,25)/t18-/m1/s1. The molecule has 2 heterocycles. The van der Waals surface area contributed by atoms with Gasteiger partial charge in [-0.05, 0) is 51.2 Å². The molecule has 0 aliphatic carbocycles. The molecule has 1 atom stereocenters. The first-order valence-electron chi connectivity index (χ1n) is 9.02. The van der Waals surface area contributed by atoms with E-state index in [1.54, 1.807) is 12.5 Å². The number of carbonyl (C=O) groups excluding carboxylic acids is 1. The molecule has 1 aromatic heterocycles. The van der Waals surface area contributed by atoms with Crippen LogP contribution in [-0.4, -0.2) is 71.8 Å². The van der Waals surface area contributed by atoms with Gasteiger partial charge in [0.2, 0.25) is 0 Å². The predicted octanol–water partition coefficient (Wildman–Crippen LogP) is 2.45. The molecule has 0 unspecified atom stereocenters. The van der Waals surface area contributed by atoms with E-state index in [4.69, 9.17) is 4.74 Å². The fraction of sp³-hybridized carbons (Fsp3) is 0.474. The number of urea groups is 1. The van der Waals surface area contributed by atoms with Gasteiger partial charge < -0.3 is 24.4 Å². The number of aromatic nitrogens is 2. The summed E-state index contributed by atoms with van der Waals surface area (Å²) in [4.78, 5) is 20.7. The van der Waals surface area contributed by atoms with Crippen molar-refractivity contribution in [2.75, 3.05) is 45.7 Å². The number of nitrogens with zero attached hydrogens (tertiary/aromatic N) is 4. The monoisotopic (exact) mass is 357 g/mol. The van der Waals surface area contributed by atoms with Gasteiger partial charge >= 0.3 is 6.03 Å². The van der Waals surface area contributed by atoms with E-state index in [-0.39, 0.29) is 12.1 Å². The van der Waals surface area contributed by atoms with Crippen LogP contribution in [-0.2, 0) is 4.74 Å². The number of hydrogen-bond acceptors (Lipinski definition) is 4. The molecule has 0 saturated carbocycles. The Labute approximate surface area is 154 Å². The van der Waals surface area contributed by atoms with Gasteiger partial charge in [0.25, 0.3) is 0 Å². The Kier molecular flexibility index (Phi) is 6.25. The van der Waals surface area contributed by atoms with Crippen LogP contribution in [0.25, 0.3) is 5.69 Å². The van der Waals surface area contributed by atoms with Crippen LogP contribution in [0.4, 0.5) is 10.5 Å². The Morgan fingerprint density at radius 3 is 2.73 bits per heavy atom. The Balaban J connectivity index is 1.61. The van der Waals surface area contributed by atoms with Crippen molar-refractivity contribution in [3.63, 3.8) is 0 Å². The molecule has 0 radical (unpaired) electrons. The Morgan fingerprint density at radius 1 is 1.31 bits per heavy atom. The van der Waals surface area contributed by atoms with Crippen molar-refractivity contribution in [3.05, 3.63) is 43.0 Å². The maximum Gasteiger partial charge on any atom is 0.321 e. The zero-order valence-electron chi connectivity index (χ0n) is 15.5. The summed E-state index contributed by atoms with van der Waals surface area (Å²) in [5.74, 6) is 0. The summed E-state index contributed by atoms with van der Waals surface area (Å²) >= 11 is 0. The minimum absolute atomic E-state index is 0.0854. The molecule has 1 aromatic carbocycles. The van der Waals surface area contributed by atoms with Crippen LogP contribution < -0.4 is 5.32 Å². The largest absolute Gasteiger partial charge is 0.376 e. The molecule has 140 valence electrons. The van der Waals surface area contributed by atoms with E-state index in [2.05, 4.69) is 15.2 Å². The fourth-order valence-electron chi connectivity index (χ4n) is 2.96. The van der Waals surface area contributed by atoms with Gasteiger partial charge in [0.1, 0.15) is 0 Å². The molecule has 1 aliphatic rings. The maximum atomic E-state index is 12.8. The Morgan fingerprint density at radius 2 is 2.12 bits per heavy atom. The third kappa shape index (κ3) is 5.06. The van der Waals surface area contributed by atoms with Gasteiger partial charge in [-0.3, -0.25) is 0 Å². The lowest BCUT2D eigenvalue weighted by atomic mass is 10.2. The molecule has 0 spiro atoms. The number of imidazole rings is 1. The second kappa shape index (κ2) is 8.82. The van der Waals surface area contributed by atoms with Crippen molar-refractivity contribution in [3.8, 4) is 5.69 Å². The number of hydrogen-bond donors (Lipinski definition) is 1. The third-order valence-corrected chi connectivity index (χ3v) is 4.47. The molecular formula is C19H27N5O2. The summed E-state index contributed by atoms with van der Waals surface area (Å²) in [5, 5.41) is 3.00. The lowest BCUT2D eigenvalue weighted by Crippen LogP contribution is -2.43. The van der Waals surface area contributed by atoms with Gasteiger partial charge in [-0.1, -0.05) is 0 Å². The number of benzene rings is 1. The summed E-state index contributed by atoms with van der Waals surface area (Å²) in [6.07, 6.45) is 7.61. The zero-order chi connectivity index (χ0) is 18.4. The molecule has 0 bridgehead atoms. The number of nitrogens with one attached hydrogen (secondary N) is 1. The van der Waals surface area contributed by atoms with Crippen LogP contribution in [0.15, 0.2) is 43.0 Å². The van der Waals surface area contributed by atoms with E-state index in [1.165, 1.54) is 0 Å².